The van der Waals surface area contributed by atoms with Crippen LogP contribution in [-0.4, -0.2) is 29.7 Å². The van der Waals surface area contributed by atoms with Gasteiger partial charge in [0, 0.05) is 18.7 Å². The Morgan fingerprint density at radius 2 is 1.74 bits per heavy atom. The van der Waals surface area contributed by atoms with Crippen LogP contribution >= 0.6 is 0 Å². The van der Waals surface area contributed by atoms with Crippen molar-refractivity contribution in [2.24, 2.45) is 4.99 Å². The van der Waals surface area contributed by atoms with Crippen LogP contribution in [0.1, 0.15) is 65.7 Å². The van der Waals surface area contributed by atoms with Crippen molar-refractivity contribution < 1.29 is 4.79 Å². The molecule has 0 saturated heterocycles. The highest BCUT2D eigenvalue weighted by molar-refractivity contribution is 6.18. The highest BCUT2D eigenvalue weighted by Gasteiger charge is 2.27. The number of aliphatic imine (C=N–C) groups is 1. The summed E-state index contributed by atoms with van der Waals surface area (Å²) >= 11 is 0. The third-order valence-corrected chi connectivity index (χ3v) is 3.42. The van der Waals surface area contributed by atoms with Gasteiger partial charge in [0.05, 0.1) is 0 Å². The summed E-state index contributed by atoms with van der Waals surface area (Å²) in [7, 11) is 0. The molecule has 0 spiro atoms. The summed E-state index contributed by atoms with van der Waals surface area (Å²) in [4.78, 5) is 18.8. The van der Waals surface area contributed by atoms with Crippen molar-refractivity contribution in [3.05, 3.63) is 11.6 Å². The SMILES string of the molecule is CCCCN=C1C=C(CCCC)C(=O)N1CCCC. The molecule has 3 heteroatoms. The summed E-state index contributed by atoms with van der Waals surface area (Å²) in [6, 6.07) is 0. The lowest BCUT2D eigenvalue weighted by Crippen LogP contribution is -2.32. The second-order valence-corrected chi connectivity index (χ2v) is 5.18. The molecule has 1 aliphatic rings. The molecule has 0 saturated carbocycles. The molecule has 19 heavy (non-hydrogen) atoms. The van der Waals surface area contributed by atoms with Crippen LogP contribution in [0.3, 0.4) is 0 Å². The quantitative estimate of drug-likeness (QED) is 0.580. The molecule has 0 N–H and O–H groups in total. The maximum absolute atomic E-state index is 12.3. The van der Waals surface area contributed by atoms with Gasteiger partial charge in [0.25, 0.3) is 5.91 Å². The Kier molecular flexibility index (Phi) is 7.46. The van der Waals surface area contributed by atoms with E-state index in [4.69, 9.17) is 0 Å². The van der Waals surface area contributed by atoms with E-state index in [-0.39, 0.29) is 5.91 Å². The van der Waals surface area contributed by atoms with E-state index in [0.29, 0.717) is 0 Å². The number of unbranched alkanes of at least 4 members (excludes halogenated alkanes) is 3. The Morgan fingerprint density at radius 1 is 1.05 bits per heavy atom. The van der Waals surface area contributed by atoms with Crippen LogP contribution in [0.5, 0.6) is 0 Å². The Morgan fingerprint density at radius 3 is 2.37 bits per heavy atom. The van der Waals surface area contributed by atoms with Crippen molar-refractivity contribution in [2.45, 2.75) is 65.7 Å². The molecule has 0 aromatic carbocycles. The largest absolute Gasteiger partial charge is 0.293 e. The zero-order valence-corrected chi connectivity index (χ0v) is 12.7. The Balaban J connectivity index is 2.72. The van der Waals surface area contributed by atoms with E-state index >= 15 is 0 Å². The zero-order valence-electron chi connectivity index (χ0n) is 12.7. The number of carbonyl (C=O) groups excluding carboxylic acids is 1. The van der Waals surface area contributed by atoms with Gasteiger partial charge in [-0.3, -0.25) is 14.7 Å². The summed E-state index contributed by atoms with van der Waals surface area (Å²) in [6.45, 7) is 8.12. The lowest BCUT2D eigenvalue weighted by Gasteiger charge is -2.17. The first-order valence-corrected chi connectivity index (χ1v) is 7.81. The Hall–Kier alpha value is -1.12. The third-order valence-electron chi connectivity index (χ3n) is 3.42. The van der Waals surface area contributed by atoms with E-state index in [2.05, 4.69) is 25.8 Å². The van der Waals surface area contributed by atoms with Crippen LogP contribution in [0.15, 0.2) is 16.6 Å². The average molecular weight is 264 g/mol. The molecule has 1 rings (SSSR count). The van der Waals surface area contributed by atoms with Gasteiger partial charge in [-0.1, -0.05) is 40.0 Å². The molecular formula is C16H28N2O. The molecule has 1 heterocycles. The molecule has 0 atom stereocenters. The predicted octanol–water partition coefficient (Wildman–Crippen LogP) is 3.94. The molecule has 0 radical (unpaired) electrons. The Bertz CT molecular complexity index is 345. The summed E-state index contributed by atoms with van der Waals surface area (Å²) in [5.41, 5.74) is 0.952. The normalized spacial score (nSPS) is 17.4. The molecule has 1 amide bonds. The Labute approximate surface area is 117 Å². The minimum atomic E-state index is 0.192. The minimum absolute atomic E-state index is 0.192. The molecule has 0 aromatic heterocycles. The van der Waals surface area contributed by atoms with E-state index < -0.39 is 0 Å². The van der Waals surface area contributed by atoms with Crippen LogP contribution in [0.25, 0.3) is 0 Å². The van der Waals surface area contributed by atoms with Gasteiger partial charge >= 0.3 is 0 Å². The van der Waals surface area contributed by atoms with Gasteiger partial charge in [-0.2, -0.15) is 0 Å². The number of carbonyl (C=O) groups is 1. The predicted molar refractivity (Wildman–Crippen MR) is 81.4 cm³/mol. The van der Waals surface area contributed by atoms with Crippen molar-refractivity contribution >= 4 is 11.7 Å². The van der Waals surface area contributed by atoms with E-state index in [9.17, 15) is 4.79 Å². The average Bonchev–Trinajstić information content (AvgIpc) is 2.71. The number of rotatable bonds is 9. The van der Waals surface area contributed by atoms with Crippen molar-refractivity contribution in [3.8, 4) is 0 Å². The first-order valence-electron chi connectivity index (χ1n) is 7.81. The third kappa shape index (κ3) is 4.81. The molecule has 0 aliphatic carbocycles. The second kappa shape index (κ2) is 8.89. The molecule has 0 fully saturated rings. The summed E-state index contributed by atoms with van der Waals surface area (Å²) in [6.07, 6.45) is 9.52. The maximum Gasteiger partial charge on any atom is 0.255 e. The fraction of sp³-hybridized carbons (Fsp3) is 0.750. The molecule has 0 bridgehead atoms. The fourth-order valence-electron chi connectivity index (χ4n) is 2.13. The maximum atomic E-state index is 12.3. The van der Waals surface area contributed by atoms with Gasteiger partial charge < -0.3 is 0 Å². The van der Waals surface area contributed by atoms with Gasteiger partial charge in [0.1, 0.15) is 5.84 Å². The van der Waals surface area contributed by atoms with Crippen molar-refractivity contribution in [1.29, 1.82) is 0 Å². The monoisotopic (exact) mass is 264 g/mol. The molecule has 1 aliphatic heterocycles. The number of hydrogen-bond donors (Lipinski definition) is 0. The number of nitrogens with zero attached hydrogens (tertiary/aromatic N) is 2. The molecule has 3 nitrogen and oxygen atoms in total. The number of amidine groups is 1. The van der Waals surface area contributed by atoms with Crippen molar-refractivity contribution in [1.82, 2.24) is 4.90 Å². The lowest BCUT2D eigenvalue weighted by atomic mass is 10.1. The second-order valence-electron chi connectivity index (χ2n) is 5.18. The van der Waals surface area contributed by atoms with Crippen molar-refractivity contribution in [3.63, 3.8) is 0 Å². The van der Waals surface area contributed by atoms with E-state index in [1.54, 1.807) is 0 Å². The standard InChI is InChI=1S/C16H28N2O/c1-4-7-10-14-13-15(17-11-8-5-2)18(16(14)19)12-9-6-3/h13H,4-12H2,1-3H3. The number of hydrogen-bond acceptors (Lipinski definition) is 2. The lowest BCUT2D eigenvalue weighted by molar-refractivity contribution is -0.123. The van der Waals surface area contributed by atoms with E-state index in [1.165, 1.54) is 0 Å². The van der Waals surface area contributed by atoms with Gasteiger partial charge in [0.15, 0.2) is 0 Å². The van der Waals surface area contributed by atoms with Crippen LogP contribution in [0, 0.1) is 0 Å². The van der Waals surface area contributed by atoms with Gasteiger partial charge in [-0.25, -0.2) is 0 Å². The number of amides is 1. The smallest absolute Gasteiger partial charge is 0.255 e. The highest BCUT2D eigenvalue weighted by Crippen LogP contribution is 2.20. The minimum Gasteiger partial charge on any atom is -0.293 e. The van der Waals surface area contributed by atoms with Gasteiger partial charge in [0.2, 0.25) is 0 Å². The van der Waals surface area contributed by atoms with Gasteiger partial charge in [-0.05, 0) is 31.8 Å². The molecule has 0 unspecified atom stereocenters. The fourth-order valence-corrected chi connectivity index (χ4v) is 2.13. The molecular weight excluding hydrogens is 236 g/mol. The van der Waals surface area contributed by atoms with Crippen LogP contribution in [0.4, 0.5) is 0 Å². The van der Waals surface area contributed by atoms with E-state index in [0.717, 1.165) is 69.4 Å². The summed E-state index contributed by atoms with van der Waals surface area (Å²) < 4.78 is 0. The topological polar surface area (TPSA) is 32.7 Å². The summed E-state index contributed by atoms with van der Waals surface area (Å²) in [5.74, 6) is 1.09. The summed E-state index contributed by atoms with van der Waals surface area (Å²) in [5, 5.41) is 0. The zero-order chi connectivity index (χ0) is 14.1. The molecule has 0 aromatic rings. The van der Waals surface area contributed by atoms with Crippen molar-refractivity contribution in [2.75, 3.05) is 13.1 Å². The van der Waals surface area contributed by atoms with Crippen LogP contribution < -0.4 is 0 Å². The highest BCUT2D eigenvalue weighted by atomic mass is 16.2. The first-order chi connectivity index (χ1) is 9.24. The first kappa shape index (κ1) is 15.9. The van der Waals surface area contributed by atoms with Crippen LogP contribution in [0.2, 0.25) is 0 Å². The van der Waals surface area contributed by atoms with Crippen LogP contribution in [-0.2, 0) is 4.79 Å². The molecule has 108 valence electrons. The van der Waals surface area contributed by atoms with E-state index in [1.807, 2.05) is 11.0 Å². The van der Waals surface area contributed by atoms with Gasteiger partial charge in [-0.15, -0.1) is 0 Å².